The fourth-order valence-corrected chi connectivity index (χ4v) is 3.61. The molecular weight excluding hydrogens is 438 g/mol. The molecule has 0 spiro atoms. The number of ether oxygens (including phenoxy) is 1. The molecule has 0 heterocycles. The lowest BCUT2D eigenvalue weighted by atomic mass is 10.2. The highest BCUT2D eigenvalue weighted by Crippen LogP contribution is 2.24. The van der Waals surface area contributed by atoms with Gasteiger partial charge >= 0.3 is 0 Å². The summed E-state index contributed by atoms with van der Waals surface area (Å²) in [6.45, 7) is 0. The number of Topliss-reactive ketones (excluding diaryl/α,β-unsaturated/α-hetero) is 1. The van der Waals surface area contributed by atoms with Gasteiger partial charge in [0, 0.05) is 26.2 Å². The minimum atomic E-state index is -0.216. The molecule has 0 unspecified atom stereocenters. The molecule has 142 valence electrons. The zero-order chi connectivity index (χ0) is 19.9. The van der Waals surface area contributed by atoms with Crippen LogP contribution in [0.4, 0.5) is 5.69 Å². The first kappa shape index (κ1) is 20.2. The van der Waals surface area contributed by atoms with Gasteiger partial charge < -0.3 is 10.1 Å². The van der Waals surface area contributed by atoms with Crippen molar-refractivity contribution < 1.29 is 14.3 Å². The Bertz CT molecular complexity index is 989. The van der Waals surface area contributed by atoms with E-state index in [9.17, 15) is 9.59 Å². The molecule has 0 aromatic heterocycles. The maximum absolute atomic E-state index is 12.4. The normalized spacial score (nSPS) is 10.4. The highest BCUT2D eigenvalue weighted by Gasteiger charge is 2.09. The van der Waals surface area contributed by atoms with E-state index in [4.69, 9.17) is 4.74 Å². The first-order chi connectivity index (χ1) is 13.5. The molecule has 3 aromatic carbocycles. The summed E-state index contributed by atoms with van der Waals surface area (Å²) in [5.41, 5.74) is 1.87. The molecule has 0 saturated heterocycles. The third kappa shape index (κ3) is 5.47. The number of rotatable bonds is 7. The molecule has 1 N–H and O–H groups in total. The molecule has 1 amide bonds. The fraction of sp³-hybridized carbons (Fsp3) is 0.0909. The van der Waals surface area contributed by atoms with E-state index < -0.39 is 0 Å². The number of halogens is 1. The largest absolute Gasteiger partial charge is 0.497 e. The van der Waals surface area contributed by atoms with Crippen LogP contribution in [-0.4, -0.2) is 24.6 Å². The maximum atomic E-state index is 12.4. The molecule has 0 radical (unpaired) electrons. The van der Waals surface area contributed by atoms with Crippen LogP contribution in [0.3, 0.4) is 0 Å². The van der Waals surface area contributed by atoms with Gasteiger partial charge in [-0.1, -0.05) is 40.2 Å². The Morgan fingerprint density at radius 2 is 1.71 bits per heavy atom. The van der Waals surface area contributed by atoms with E-state index in [1.54, 1.807) is 43.5 Å². The zero-order valence-corrected chi connectivity index (χ0v) is 17.5. The fourth-order valence-electron chi connectivity index (χ4n) is 2.50. The van der Waals surface area contributed by atoms with Gasteiger partial charge in [-0.2, -0.15) is 0 Å². The Labute approximate surface area is 176 Å². The van der Waals surface area contributed by atoms with Crippen molar-refractivity contribution in [1.82, 2.24) is 0 Å². The van der Waals surface area contributed by atoms with Gasteiger partial charge in [0.2, 0.25) is 0 Å². The number of amides is 1. The number of nitrogens with one attached hydrogen (secondary N) is 1. The standard InChI is InChI=1S/C22H18BrNO3S/c1-27-19-6-2-4-16(12-19)22(26)24-18-5-3-7-20(13-18)28-14-21(25)15-8-10-17(23)11-9-15/h2-13H,14H2,1H3,(H,24,26). The second-order valence-corrected chi connectivity index (χ2v) is 7.90. The third-order valence-corrected chi connectivity index (χ3v) is 5.48. The van der Waals surface area contributed by atoms with Crippen LogP contribution in [0, 0.1) is 0 Å². The lowest BCUT2D eigenvalue weighted by Gasteiger charge is -2.08. The van der Waals surface area contributed by atoms with E-state index in [1.807, 2.05) is 36.4 Å². The Hall–Kier alpha value is -2.57. The first-order valence-corrected chi connectivity index (χ1v) is 10.3. The Balaban J connectivity index is 1.62. The molecule has 0 atom stereocenters. The number of hydrogen-bond donors (Lipinski definition) is 1. The monoisotopic (exact) mass is 455 g/mol. The van der Waals surface area contributed by atoms with Crippen LogP contribution in [0.2, 0.25) is 0 Å². The van der Waals surface area contributed by atoms with Crippen LogP contribution in [0.1, 0.15) is 20.7 Å². The zero-order valence-electron chi connectivity index (χ0n) is 15.1. The average molecular weight is 456 g/mol. The minimum Gasteiger partial charge on any atom is -0.497 e. The van der Waals surface area contributed by atoms with Crippen molar-refractivity contribution in [1.29, 1.82) is 0 Å². The molecule has 28 heavy (non-hydrogen) atoms. The van der Waals surface area contributed by atoms with E-state index in [0.29, 0.717) is 28.3 Å². The summed E-state index contributed by atoms with van der Waals surface area (Å²) in [7, 11) is 1.56. The van der Waals surface area contributed by atoms with Crippen molar-refractivity contribution in [3.63, 3.8) is 0 Å². The molecule has 0 saturated carbocycles. The summed E-state index contributed by atoms with van der Waals surface area (Å²) >= 11 is 4.80. The second-order valence-electron chi connectivity index (χ2n) is 5.93. The Kier molecular flexibility index (Phi) is 6.90. The number of ketones is 1. The number of benzene rings is 3. The van der Waals surface area contributed by atoms with Gasteiger partial charge in [-0.3, -0.25) is 9.59 Å². The van der Waals surface area contributed by atoms with E-state index in [1.165, 1.54) is 11.8 Å². The van der Waals surface area contributed by atoms with Crippen molar-refractivity contribution >= 4 is 45.1 Å². The van der Waals surface area contributed by atoms with E-state index in [-0.39, 0.29) is 11.7 Å². The number of thioether (sulfide) groups is 1. The van der Waals surface area contributed by atoms with Crippen molar-refractivity contribution in [2.75, 3.05) is 18.2 Å². The van der Waals surface area contributed by atoms with E-state index in [2.05, 4.69) is 21.2 Å². The molecule has 4 nitrogen and oxygen atoms in total. The summed E-state index contributed by atoms with van der Waals surface area (Å²) in [5.74, 6) is 0.799. The van der Waals surface area contributed by atoms with Gasteiger partial charge in [-0.25, -0.2) is 0 Å². The number of carbonyl (C=O) groups is 2. The molecule has 3 aromatic rings. The number of hydrogen-bond acceptors (Lipinski definition) is 4. The van der Waals surface area contributed by atoms with Crippen LogP contribution in [0.5, 0.6) is 5.75 Å². The molecule has 0 bridgehead atoms. The van der Waals surface area contributed by atoms with Crippen LogP contribution < -0.4 is 10.1 Å². The van der Waals surface area contributed by atoms with Gasteiger partial charge in [0.05, 0.1) is 12.9 Å². The Morgan fingerprint density at radius 1 is 0.964 bits per heavy atom. The van der Waals surface area contributed by atoms with Crippen molar-refractivity contribution in [3.8, 4) is 5.75 Å². The SMILES string of the molecule is COc1cccc(C(=O)Nc2cccc(SCC(=O)c3ccc(Br)cc3)c2)c1. The summed E-state index contributed by atoms with van der Waals surface area (Å²) < 4.78 is 6.09. The predicted octanol–water partition coefficient (Wildman–Crippen LogP) is 5.69. The van der Waals surface area contributed by atoms with Crippen LogP contribution >= 0.6 is 27.7 Å². The van der Waals surface area contributed by atoms with Gasteiger partial charge in [0.25, 0.3) is 5.91 Å². The summed E-state index contributed by atoms with van der Waals surface area (Å²) in [6.07, 6.45) is 0. The van der Waals surface area contributed by atoms with Crippen molar-refractivity contribution in [2.45, 2.75) is 4.90 Å². The lowest BCUT2D eigenvalue weighted by Crippen LogP contribution is -2.11. The topological polar surface area (TPSA) is 55.4 Å². The highest BCUT2D eigenvalue weighted by atomic mass is 79.9. The number of carbonyl (C=O) groups excluding carboxylic acids is 2. The molecular formula is C22H18BrNO3S. The molecule has 0 aliphatic heterocycles. The van der Waals surface area contributed by atoms with Gasteiger partial charge in [0.1, 0.15) is 5.75 Å². The summed E-state index contributed by atoms with van der Waals surface area (Å²) in [5, 5.41) is 2.88. The predicted molar refractivity (Wildman–Crippen MR) is 117 cm³/mol. The van der Waals surface area contributed by atoms with Gasteiger partial charge in [-0.15, -0.1) is 11.8 Å². The molecule has 0 aliphatic carbocycles. The number of anilines is 1. The van der Waals surface area contributed by atoms with Gasteiger partial charge in [0.15, 0.2) is 5.78 Å². The second kappa shape index (κ2) is 9.57. The Morgan fingerprint density at radius 3 is 2.46 bits per heavy atom. The smallest absolute Gasteiger partial charge is 0.255 e. The van der Waals surface area contributed by atoms with Gasteiger partial charge in [-0.05, 0) is 48.5 Å². The van der Waals surface area contributed by atoms with E-state index in [0.717, 1.165) is 9.37 Å². The van der Waals surface area contributed by atoms with E-state index >= 15 is 0 Å². The van der Waals surface area contributed by atoms with Crippen LogP contribution in [-0.2, 0) is 0 Å². The first-order valence-electron chi connectivity index (χ1n) is 8.52. The lowest BCUT2D eigenvalue weighted by molar-refractivity contribution is 0.101. The number of methoxy groups -OCH3 is 1. The third-order valence-electron chi connectivity index (χ3n) is 3.96. The average Bonchev–Trinajstić information content (AvgIpc) is 2.73. The molecule has 6 heteroatoms. The molecule has 0 aliphatic rings. The highest BCUT2D eigenvalue weighted by molar-refractivity contribution is 9.10. The summed E-state index contributed by atoms with van der Waals surface area (Å²) in [6, 6.07) is 21.7. The summed E-state index contributed by atoms with van der Waals surface area (Å²) in [4.78, 5) is 25.7. The molecule has 0 fully saturated rings. The minimum absolute atomic E-state index is 0.0586. The van der Waals surface area contributed by atoms with Crippen LogP contribution in [0.15, 0.2) is 82.2 Å². The van der Waals surface area contributed by atoms with Crippen molar-refractivity contribution in [2.24, 2.45) is 0 Å². The quantitative estimate of drug-likeness (QED) is 0.367. The van der Waals surface area contributed by atoms with Crippen LogP contribution in [0.25, 0.3) is 0 Å². The maximum Gasteiger partial charge on any atom is 0.255 e. The van der Waals surface area contributed by atoms with Crippen molar-refractivity contribution in [3.05, 3.63) is 88.4 Å². The molecule has 3 rings (SSSR count).